The lowest BCUT2D eigenvalue weighted by atomic mass is 10.0. The molecule has 1 aliphatic heterocycles. The SMILES string of the molecule is CCCCCCCCCCCCCCOC(=O)O[C@@H](C)[N+]1(C)CCC=C(c2nsnc2OCCCCCC)C1. The third kappa shape index (κ3) is 13.5. The van der Waals surface area contributed by atoms with Gasteiger partial charge in [-0.15, -0.1) is 4.37 Å². The van der Waals surface area contributed by atoms with Crippen LogP contribution in [0.25, 0.3) is 5.57 Å². The highest BCUT2D eigenvalue weighted by Crippen LogP contribution is 2.31. The molecule has 224 valence electrons. The van der Waals surface area contributed by atoms with Crippen LogP contribution in [0, 0.1) is 0 Å². The van der Waals surface area contributed by atoms with E-state index in [1.807, 2.05) is 6.92 Å². The van der Waals surface area contributed by atoms with Gasteiger partial charge >= 0.3 is 6.16 Å². The highest BCUT2D eigenvalue weighted by molar-refractivity contribution is 6.99. The lowest BCUT2D eigenvalue weighted by molar-refractivity contribution is -0.944. The number of nitrogens with zero attached hydrogens (tertiary/aromatic N) is 3. The van der Waals surface area contributed by atoms with Gasteiger partial charge in [0.25, 0.3) is 5.88 Å². The van der Waals surface area contributed by atoms with Crippen molar-refractivity contribution in [2.24, 2.45) is 0 Å². The Bertz CT molecular complexity index is 816. The molecular formula is C31H56N3O4S+. The van der Waals surface area contributed by atoms with Crippen LogP contribution in [0.5, 0.6) is 5.88 Å². The smallest absolute Gasteiger partial charge is 0.475 e. The molecule has 2 rings (SSSR count). The van der Waals surface area contributed by atoms with Crippen LogP contribution in [-0.2, 0) is 9.47 Å². The number of carbonyl (C=O) groups excluding carboxylic acids is 1. The average Bonchev–Trinajstić information content (AvgIpc) is 3.40. The van der Waals surface area contributed by atoms with Crippen LogP contribution in [0.3, 0.4) is 0 Å². The van der Waals surface area contributed by atoms with Crippen LogP contribution in [0.1, 0.15) is 136 Å². The van der Waals surface area contributed by atoms with Gasteiger partial charge in [-0.05, 0) is 12.8 Å². The van der Waals surface area contributed by atoms with Crippen LogP contribution >= 0.6 is 11.7 Å². The van der Waals surface area contributed by atoms with E-state index in [1.165, 1.54) is 95.2 Å². The Labute approximate surface area is 242 Å². The normalized spacial score (nSPS) is 18.0. The molecule has 0 N–H and O–H groups in total. The van der Waals surface area contributed by atoms with E-state index >= 15 is 0 Å². The minimum atomic E-state index is -0.563. The van der Waals surface area contributed by atoms with Crippen molar-refractivity contribution < 1.29 is 23.5 Å². The molecule has 8 heteroatoms. The molecule has 1 aromatic rings. The second-order valence-electron chi connectivity index (χ2n) is 11.4. The fourth-order valence-electron chi connectivity index (χ4n) is 5.12. The van der Waals surface area contributed by atoms with Gasteiger partial charge < -0.3 is 14.2 Å². The molecule has 0 aliphatic carbocycles. The second-order valence-corrected chi connectivity index (χ2v) is 11.9. The van der Waals surface area contributed by atoms with Gasteiger partial charge in [0, 0.05) is 18.9 Å². The summed E-state index contributed by atoms with van der Waals surface area (Å²) in [6.07, 6.45) is 22.3. The van der Waals surface area contributed by atoms with Crippen LogP contribution in [0.4, 0.5) is 4.79 Å². The maximum absolute atomic E-state index is 12.4. The van der Waals surface area contributed by atoms with E-state index in [4.69, 9.17) is 14.2 Å². The fraction of sp³-hybridized carbons (Fsp3) is 0.839. The van der Waals surface area contributed by atoms with Gasteiger partial charge in [0.2, 0.25) is 6.23 Å². The molecular weight excluding hydrogens is 510 g/mol. The van der Waals surface area contributed by atoms with E-state index < -0.39 is 6.16 Å². The highest BCUT2D eigenvalue weighted by atomic mass is 32.1. The quantitative estimate of drug-likeness (QED) is 0.0792. The van der Waals surface area contributed by atoms with E-state index in [-0.39, 0.29) is 6.23 Å². The second kappa shape index (κ2) is 20.2. The maximum atomic E-state index is 12.4. The lowest BCUT2D eigenvalue weighted by Crippen LogP contribution is -2.55. The summed E-state index contributed by atoms with van der Waals surface area (Å²) in [6, 6.07) is 0. The Kier molecular flexibility index (Phi) is 17.4. The summed E-state index contributed by atoms with van der Waals surface area (Å²) in [4.78, 5) is 12.4. The zero-order valence-corrected chi connectivity index (χ0v) is 26.2. The van der Waals surface area contributed by atoms with Gasteiger partial charge in [0.15, 0.2) is 0 Å². The van der Waals surface area contributed by atoms with Gasteiger partial charge in [-0.3, -0.25) is 4.48 Å². The predicted molar refractivity (Wildman–Crippen MR) is 161 cm³/mol. The van der Waals surface area contributed by atoms with Gasteiger partial charge in [-0.1, -0.05) is 110 Å². The van der Waals surface area contributed by atoms with Crippen molar-refractivity contribution in [3.63, 3.8) is 0 Å². The minimum absolute atomic E-state index is 0.312. The first-order valence-corrected chi connectivity index (χ1v) is 16.6. The summed E-state index contributed by atoms with van der Waals surface area (Å²) in [7, 11) is 2.13. The molecule has 0 radical (unpaired) electrons. The number of unbranched alkanes of at least 4 members (excludes halogenated alkanes) is 14. The van der Waals surface area contributed by atoms with Crippen LogP contribution in [0.15, 0.2) is 6.08 Å². The fourth-order valence-corrected chi connectivity index (χ4v) is 5.65. The number of aromatic nitrogens is 2. The summed E-state index contributed by atoms with van der Waals surface area (Å²) in [5, 5.41) is 0. The summed E-state index contributed by atoms with van der Waals surface area (Å²) in [5.41, 5.74) is 1.95. The van der Waals surface area contributed by atoms with Crippen molar-refractivity contribution in [2.45, 2.75) is 136 Å². The van der Waals surface area contributed by atoms with Crippen molar-refractivity contribution in [3.8, 4) is 5.88 Å². The molecule has 7 nitrogen and oxygen atoms in total. The van der Waals surface area contributed by atoms with Crippen LogP contribution < -0.4 is 4.74 Å². The molecule has 0 bridgehead atoms. The van der Waals surface area contributed by atoms with E-state index in [2.05, 4.69) is 35.7 Å². The zero-order valence-electron chi connectivity index (χ0n) is 25.4. The molecule has 2 heterocycles. The topological polar surface area (TPSA) is 70.5 Å². The highest BCUT2D eigenvalue weighted by Gasteiger charge is 2.37. The monoisotopic (exact) mass is 566 g/mol. The van der Waals surface area contributed by atoms with Crippen LogP contribution in [0.2, 0.25) is 0 Å². The Morgan fingerprint density at radius 1 is 0.872 bits per heavy atom. The Morgan fingerprint density at radius 3 is 2.08 bits per heavy atom. The molecule has 0 saturated heterocycles. The molecule has 1 aliphatic rings. The molecule has 39 heavy (non-hydrogen) atoms. The third-order valence-corrected chi connectivity index (χ3v) is 8.44. The number of hydrogen-bond donors (Lipinski definition) is 0. The Morgan fingerprint density at radius 2 is 1.44 bits per heavy atom. The molecule has 0 spiro atoms. The molecule has 0 fully saturated rings. The first kappa shape index (κ1) is 33.5. The number of likely N-dealkylation sites (N-methyl/N-ethyl adjacent to an activating group) is 1. The van der Waals surface area contributed by atoms with E-state index in [0.29, 0.717) is 30.1 Å². The summed E-state index contributed by atoms with van der Waals surface area (Å²) < 4.78 is 26.6. The van der Waals surface area contributed by atoms with Gasteiger partial charge in [0.1, 0.15) is 12.2 Å². The minimum Gasteiger partial charge on any atom is -0.475 e. The average molecular weight is 567 g/mol. The molecule has 0 amide bonds. The van der Waals surface area contributed by atoms with E-state index in [9.17, 15) is 4.79 Å². The Hall–Kier alpha value is -1.67. The zero-order chi connectivity index (χ0) is 28.2. The Balaban J connectivity index is 1.61. The molecule has 1 unspecified atom stereocenters. The first-order valence-electron chi connectivity index (χ1n) is 15.8. The van der Waals surface area contributed by atoms with Crippen molar-refractivity contribution in [3.05, 3.63) is 11.8 Å². The van der Waals surface area contributed by atoms with E-state index in [1.54, 1.807) is 0 Å². The summed E-state index contributed by atoms with van der Waals surface area (Å²) >= 11 is 1.19. The summed E-state index contributed by atoms with van der Waals surface area (Å²) in [6.45, 7) is 9.13. The van der Waals surface area contributed by atoms with Gasteiger partial charge in [-0.2, -0.15) is 4.37 Å². The number of carbonyl (C=O) groups is 1. The number of hydrogen-bond acceptors (Lipinski definition) is 7. The van der Waals surface area contributed by atoms with Crippen molar-refractivity contribution in [2.75, 3.05) is 33.4 Å². The predicted octanol–water partition coefficient (Wildman–Crippen LogP) is 8.93. The number of ether oxygens (including phenoxy) is 3. The molecule has 2 atom stereocenters. The largest absolute Gasteiger partial charge is 0.512 e. The first-order chi connectivity index (χ1) is 19.0. The molecule has 0 aromatic carbocycles. The van der Waals surface area contributed by atoms with Gasteiger partial charge in [-0.25, -0.2) is 4.79 Å². The summed E-state index contributed by atoms with van der Waals surface area (Å²) in [5.74, 6) is 0.631. The van der Waals surface area contributed by atoms with Crippen molar-refractivity contribution in [1.82, 2.24) is 8.75 Å². The lowest BCUT2D eigenvalue weighted by Gasteiger charge is -2.41. The maximum Gasteiger partial charge on any atom is 0.512 e. The third-order valence-electron chi connectivity index (χ3n) is 7.92. The number of rotatable bonds is 22. The number of quaternary nitrogens is 1. The van der Waals surface area contributed by atoms with E-state index in [0.717, 1.165) is 43.5 Å². The van der Waals surface area contributed by atoms with Crippen molar-refractivity contribution in [1.29, 1.82) is 0 Å². The van der Waals surface area contributed by atoms with Crippen molar-refractivity contribution >= 4 is 23.5 Å². The molecule has 1 aromatic heterocycles. The standard InChI is InChI=1S/C31H56N3O4S/c1-5-7-9-11-12-13-14-15-16-17-18-20-25-37-31(35)38-27(3)34(4)23-21-22-28(26-34)29-30(33-39-32-29)36-24-19-10-8-6-2/h22,27H,5-21,23-26H2,1-4H3/q+1/t27-,34?/m0/s1. The van der Waals surface area contributed by atoms with Crippen LogP contribution in [-0.4, -0.2) is 59.0 Å². The molecule has 0 saturated carbocycles. The van der Waals surface area contributed by atoms with Gasteiger partial charge in [0.05, 0.1) is 38.5 Å².